The number of carbonyl (C=O) groups excluding carboxylic acids is 2. The van der Waals surface area contributed by atoms with Crippen LogP contribution in [0.1, 0.15) is 51.1 Å². The van der Waals surface area contributed by atoms with Gasteiger partial charge in [0.15, 0.2) is 0 Å². The summed E-state index contributed by atoms with van der Waals surface area (Å²) in [5, 5.41) is 2.74. The molecule has 0 unspecified atom stereocenters. The molecule has 118 valence electrons. The number of nitrogens with zero attached hydrogens (tertiary/aromatic N) is 1. The van der Waals surface area contributed by atoms with Crippen molar-refractivity contribution in [1.29, 1.82) is 0 Å². The first kappa shape index (κ1) is 17.2. The van der Waals surface area contributed by atoms with E-state index >= 15 is 0 Å². The van der Waals surface area contributed by atoms with Crippen molar-refractivity contribution in [3.05, 3.63) is 18.2 Å². The fraction of sp³-hybridized carbons (Fsp3) is 0.667. The third-order valence-electron chi connectivity index (χ3n) is 3.31. The number of hydrogen-bond acceptors (Lipinski definition) is 4. The van der Waals surface area contributed by atoms with E-state index in [1.54, 1.807) is 12.5 Å². The number of amides is 1. The summed E-state index contributed by atoms with van der Waals surface area (Å²) in [6, 6.07) is -0.668. The van der Waals surface area contributed by atoms with Gasteiger partial charge in [-0.15, -0.1) is 0 Å². The maximum atomic E-state index is 11.9. The van der Waals surface area contributed by atoms with E-state index in [2.05, 4.69) is 22.2 Å². The molecule has 1 aromatic rings. The molecular weight excluding hydrogens is 270 g/mol. The fourth-order valence-electron chi connectivity index (χ4n) is 2.11. The van der Waals surface area contributed by atoms with Crippen molar-refractivity contribution in [2.45, 2.75) is 57.9 Å². The van der Waals surface area contributed by atoms with Gasteiger partial charge >= 0.3 is 5.97 Å². The Kier molecular flexibility index (Phi) is 8.16. The molecule has 0 spiro atoms. The van der Waals surface area contributed by atoms with Crippen LogP contribution in [0.15, 0.2) is 12.5 Å². The Morgan fingerprint density at radius 2 is 2.10 bits per heavy atom. The first-order chi connectivity index (χ1) is 10.2. The van der Waals surface area contributed by atoms with E-state index in [-0.39, 0.29) is 5.91 Å². The number of aromatic nitrogens is 2. The lowest BCUT2D eigenvalue weighted by Gasteiger charge is -2.15. The molecule has 0 bridgehead atoms. The van der Waals surface area contributed by atoms with Crippen LogP contribution in [0, 0.1) is 0 Å². The number of unbranched alkanes of at least 4 members (excludes halogenated alkanes) is 4. The highest BCUT2D eigenvalue weighted by Gasteiger charge is 2.22. The van der Waals surface area contributed by atoms with Crippen molar-refractivity contribution in [2.75, 3.05) is 7.11 Å². The summed E-state index contributed by atoms with van der Waals surface area (Å²) in [6.07, 6.45) is 9.40. The van der Waals surface area contributed by atoms with Crippen LogP contribution in [-0.2, 0) is 20.7 Å². The molecule has 0 aliphatic rings. The molecule has 2 N–H and O–H groups in total. The predicted molar refractivity (Wildman–Crippen MR) is 79.6 cm³/mol. The zero-order chi connectivity index (χ0) is 15.5. The van der Waals surface area contributed by atoms with Gasteiger partial charge in [0.2, 0.25) is 5.91 Å². The van der Waals surface area contributed by atoms with Crippen LogP contribution < -0.4 is 5.32 Å². The number of imidazole rings is 1. The zero-order valence-electron chi connectivity index (χ0n) is 12.9. The number of aromatic amines is 1. The molecule has 0 fully saturated rings. The number of carbonyl (C=O) groups is 2. The monoisotopic (exact) mass is 295 g/mol. The van der Waals surface area contributed by atoms with Crippen LogP contribution in [0.3, 0.4) is 0 Å². The van der Waals surface area contributed by atoms with Gasteiger partial charge in [0.05, 0.1) is 13.4 Å². The highest BCUT2D eigenvalue weighted by molar-refractivity contribution is 5.84. The first-order valence-corrected chi connectivity index (χ1v) is 7.51. The minimum Gasteiger partial charge on any atom is -0.467 e. The summed E-state index contributed by atoms with van der Waals surface area (Å²) in [6.45, 7) is 2.16. The number of rotatable bonds is 10. The molecule has 21 heavy (non-hydrogen) atoms. The molecule has 0 aliphatic heterocycles. The molecule has 1 heterocycles. The van der Waals surface area contributed by atoms with E-state index < -0.39 is 12.0 Å². The summed E-state index contributed by atoms with van der Waals surface area (Å²) in [7, 11) is 1.32. The minimum atomic E-state index is -0.668. The van der Waals surface area contributed by atoms with Gasteiger partial charge in [0.1, 0.15) is 6.04 Å². The van der Waals surface area contributed by atoms with Gasteiger partial charge in [-0.3, -0.25) is 4.79 Å². The smallest absolute Gasteiger partial charge is 0.328 e. The van der Waals surface area contributed by atoms with Crippen LogP contribution in [0.4, 0.5) is 0 Å². The lowest BCUT2D eigenvalue weighted by atomic mass is 10.1. The predicted octanol–water partition coefficient (Wildman–Crippen LogP) is 1.97. The minimum absolute atomic E-state index is 0.110. The van der Waals surface area contributed by atoms with E-state index in [1.165, 1.54) is 20.0 Å². The van der Waals surface area contributed by atoms with E-state index in [4.69, 9.17) is 4.74 Å². The first-order valence-electron chi connectivity index (χ1n) is 7.51. The van der Waals surface area contributed by atoms with Gasteiger partial charge in [-0.25, -0.2) is 9.78 Å². The lowest BCUT2D eigenvalue weighted by molar-refractivity contribution is -0.145. The van der Waals surface area contributed by atoms with Crippen molar-refractivity contribution in [3.8, 4) is 0 Å². The van der Waals surface area contributed by atoms with E-state index in [9.17, 15) is 9.59 Å². The molecule has 0 saturated carbocycles. The molecule has 0 radical (unpaired) electrons. The Balaban J connectivity index is 2.37. The highest BCUT2D eigenvalue weighted by Crippen LogP contribution is 2.06. The molecule has 0 aliphatic carbocycles. The maximum Gasteiger partial charge on any atom is 0.328 e. The molecular formula is C15H25N3O3. The van der Waals surface area contributed by atoms with Crippen molar-refractivity contribution >= 4 is 11.9 Å². The molecule has 6 heteroatoms. The average Bonchev–Trinajstić information content (AvgIpc) is 2.98. The third kappa shape index (κ3) is 6.92. The summed E-state index contributed by atoms with van der Waals surface area (Å²) in [5.41, 5.74) is 0.786. The fourth-order valence-corrected chi connectivity index (χ4v) is 2.11. The second kappa shape index (κ2) is 9.96. The van der Waals surface area contributed by atoms with Gasteiger partial charge in [-0.2, -0.15) is 0 Å². The SMILES string of the molecule is CCCCCCCC(=O)N[C@@H](Cc1cnc[nH]1)C(=O)OC. The summed E-state index contributed by atoms with van der Waals surface area (Å²) < 4.78 is 4.73. The molecule has 0 aromatic carbocycles. The van der Waals surface area contributed by atoms with Gasteiger partial charge in [0, 0.05) is 24.7 Å². The van der Waals surface area contributed by atoms with Gasteiger partial charge in [-0.05, 0) is 6.42 Å². The molecule has 0 saturated heterocycles. The second-order valence-corrected chi connectivity index (χ2v) is 5.09. The number of nitrogens with one attached hydrogen (secondary N) is 2. The normalized spacial score (nSPS) is 11.9. The molecule has 1 amide bonds. The highest BCUT2D eigenvalue weighted by atomic mass is 16.5. The van der Waals surface area contributed by atoms with E-state index in [1.807, 2.05) is 0 Å². The number of methoxy groups -OCH3 is 1. The average molecular weight is 295 g/mol. The van der Waals surface area contributed by atoms with Crippen LogP contribution in [0.25, 0.3) is 0 Å². The van der Waals surface area contributed by atoms with E-state index in [0.29, 0.717) is 12.8 Å². The molecule has 1 rings (SSSR count). The van der Waals surface area contributed by atoms with Crippen LogP contribution >= 0.6 is 0 Å². The maximum absolute atomic E-state index is 11.9. The van der Waals surface area contributed by atoms with Gasteiger partial charge < -0.3 is 15.0 Å². The topological polar surface area (TPSA) is 84.1 Å². The van der Waals surface area contributed by atoms with Gasteiger partial charge in [0.25, 0.3) is 0 Å². The number of hydrogen-bond donors (Lipinski definition) is 2. The standard InChI is InChI=1S/C15H25N3O3/c1-3-4-5-6-7-8-14(19)18-13(15(20)21-2)9-12-10-16-11-17-12/h10-11,13H,3-9H2,1-2H3,(H,16,17)(H,18,19)/t13-/m0/s1. The Morgan fingerprint density at radius 1 is 1.33 bits per heavy atom. The number of H-pyrrole nitrogens is 1. The van der Waals surface area contributed by atoms with Crippen molar-refractivity contribution in [2.24, 2.45) is 0 Å². The van der Waals surface area contributed by atoms with Crippen LogP contribution in [0.2, 0.25) is 0 Å². The Labute approximate surface area is 125 Å². The molecule has 1 aromatic heterocycles. The van der Waals surface area contributed by atoms with Crippen molar-refractivity contribution < 1.29 is 14.3 Å². The third-order valence-corrected chi connectivity index (χ3v) is 3.31. The van der Waals surface area contributed by atoms with Gasteiger partial charge in [-0.1, -0.05) is 32.6 Å². The van der Waals surface area contributed by atoms with Crippen molar-refractivity contribution in [1.82, 2.24) is 15.3 Å². The summed E-state index contributed by atoms with van der Waals surface area (Å²) in [4.78, 5) is 30.4. The number of esters is 1. The quantitative estimate of drug-likeness (QED) is 0.510. The largest absolute Gasteiger partial charge is 0.467 e. The number of ether oxygens (including phenoxy) is 1. The molecule has 6 nitrogen and oxygen atoms in total. The Bertz CT molecular complexity index is 418. The Morgan fingerprint density at radius 3 is 2.71 bits per heavy atom. The molecule has 1 atom stereocenters. The lowest BCUT2D eigenvalue weighted by Crippen LogP contribution is -2.43. The van der Waals surface area contributed by atoms with Crippen LogP contribution in [0.5, 0.6) is 0 Å². The summed E-state index contributed by atoms with van der Waals surface area (Å²) in [5.74, 6) is -0.551. The Hall–Kier alpha value is -1.85. The van der Waals surface area contributed by atoms with E-state index in [0.717, 1.165) is 25.0 Å². The van der Waals surface area contributed by atoms with Crippen LogP contribution in [-0.4, -0.2) is 35.0 Å². The zero-order valence-corrected chi connectivity index (χ0v) is 12.9. The van der Waals surface area contributed by atoms with Crippen molar-refractivity contribution in [3.63, 3.8) is 0 Å². The summed E-state index contributed by atoms with van der Waals surface area (Å²) >= 11 is 0. The second-order valence-electron chi connectivity index (χ2n) is 5.09.